The molecular formula is C24H22N4O4. The van der Waals surface area contributed by atoms with Crippen molar-refractivity contribution in [2.45, 2.75) is 20.0 Å². The third kappa shape index (κ3) is 3.90. The molecule has 4 rings (SSSR count). The number of para-hydroxylation sites is 2. The Morgan fingerprint density at radius 1 is 1.00 bits per heavy atom. The first kappa shape index (κ1) is 21.0. The van der Waals surface area contributed by atoms with Gasteiger partial charge in [0.15, 0.2) is 6.10 Å². The van der Waals surface area contributed by atoms with E-state index < -0.39 is 18.0 Å². The number of nitrogens with one attached hydrogen (secondary N) is 1. The van der Waals surface area contributed by atoms with Crippen molar-refractivity contribution in [1.82, 2.24) is 14.3 Å². The molecule has 32 heavy (non-hydrogen) atoms. The molecule has 0 fully saturated rings. The number of carbonyl (C=O) groups is 2. The third-order valence-corrected chi connectivity index (χ3v) is 5.26. The number of aromatic nitrogens is 3. The van der Waals surface area contributed by atoms with E-state index in [1.807, 2.05) is 36.4 Å². The van der Waals surface area contributed by atoms with Crippen LogP contribution in [0.3, 0.4) is 0 Å². The van der Waals surface area contributed by atoms with Crippen LogP contribution in [-0.2, 0) is 16.6 Å². The van der Waals surface area contributed by atoms with Gasteiger partial charge in [0.1, 0.15) is 11.4 Å². The van der Waals surface area contributed by atoms with Crippen molar-refractivity contribution in [1.29, 1.82) is 0 Å². The second-order valence-electron chi connectivity index (χ2n) is 7.36. The number of hydrogen-bond acceptors (Lipinski definition) is 5. The lowest BCUT2D eigenvalue weighted by Gasteiger charge is -2.13. The van der Waals surface area contributed by atoms with Crippen LogP contribution in [0.15, 0.2) is 71.5 Å². The highest BCUT2D eigenvalue weighted by atomic mass is 16.5. The zero-order valence-electron chi connectivity index (χ0n) is 17.9. The quantitative estimate of drug-likeness (QED) is 0.491. The predicted molar refractivity (Wildman–Crippen MR) is 121 cm³/mol. The molecule has 1 atom stereocenters. The summed E-state index contributed by atoms with van der Waals surface area (Å²) >= 11 is 0. The van der Waals surface area contributed by atoms with Crippen LogP contribution in [0.2, 0.25) is 0 Å². The van der Waals surface area contributed by atoms with Crippen LogP contribution in [0.25, 0.3) is 16.6 Å². The Kier molecular flexibility index (Phi) is 5.59. The van der Waals surface area contributed by atoms with Gasteiger partial charge in [0.25, 0.3) is 11.5 Å². The predicted octanol–water partition coefficient (Wildman–Crippen LogP) is 3.22. The molecule has 1 N–H and O–H groups in total. The van der Waals surface area contributed by atoms with Crippen LogP contribution in [-0.4, -0.2) is 32.3 Å². The topological polar surface area (TPSA) is 95.2 Å². The minimum absolute atomic E-state index is 0.102. The summed E-state index contributed by atoms with van der Waals surface area (Å²) in [5.74, 6) is -1.32. The first-order valence-corrected chi connectivity index (χ1v) is 10.1. The van der Waals surface area contributed by atoms with Gasteiger partial charge < -0.3 is 10.1 Å². The Morgan fingerprint density at radius 3 is 2.44 bits per heavy atom. The van der Waals surface area contributed by atoms with E-state index in [0.29, 0.717) is 16.9 Å². The zero-order valence-corrected chi connectivity index (χ0v) is 17.9. The molecule has 0 aliphatic rings. The molecule has 2 aromatic heterocycles. The van der Waals surface area contributed by atoms with Gasteiger partial charge in [-0.15, -0.1) is 0 Å². The number of fused-ring (bicyclic) bond motifs is 1. The smallest absolute Gasteiger partial charge is 0.357 e. The molecule has 8 nitrogen and oxygen atoms in total. The van der Waals surface area contributed by atoms with Crippen molar-refractivity contribution >= 4 is 28.5 Å². The largest absolute Gasteiger partial charge is 0.448 e. The van der Waals surface area contributed by atoms with Crippen LogP contribution in [0.1, 0.15) is 23.1 Å². The number of amides is 1. The van der Waals surface area contributed by atoms with E-state index in [4.69, 9.17) is 4.74 Å². The standard InChI is InChI=1S/C24H22N4O4/c1-15-21(23(30)28(27(15)3)18-10-5-4-6-11-18)26-22(29)16(2)32-24(31)20-14-13-17-9-7-8-12-19(17)25-20/h4-14,16H,1-3H3,(H,26,29)/t16-/m1/s1. The molecule has 2 heterocycles. The number of esters is 1. The maximum absolute atomic E-state index is 12.9. The van der Waals surface area contributed by atoms with Crippen LogP contribution in [0.4, 0.5) is 5.69 Å². The van der Waals surface area contributed by atoms with Crippen molar-refractivity contribution in [2.75, 3.05) is 5.32 Å². The van der Waals surface area contributed by atoms with Gasteiger partial charge in [-0.2, -0.15) is 0 Å². The summed E-state index contributed by atoms with van der Waals surface area (Å²) in [6, 6.07) is 19.8. The van der Waals surface area contributed by atoms with Gasteiger partial charge in [0.05, 0.1) is 16.9 Å². The summed E-state index contributed by atoms with van der Waals surface area (Å²) in [6.07, 6.45) is -1.13. The van der Waals surface area contributed by atoms with E-state index in [1.54, 1.807) is 49.0 Å². The molecule has 0 aliphatic carbocycles. The fourth-order valence-electron chi connectivity index (χ4n) is 3.39. The number of nitrogens with zero attached hydrogens (tertiary/aromatic N) is 3. The Labute approximate surface area is 184 Å². The number of carbonyl (C=O) groups excluding carboxylic acids is 2. The molecule has 4 aromatic rings. The summed E-state index contributed by atoms with van der Waals surface area (Å²) in [4.78, 5) is 42.4. The molecule has 0 bridgehead atoms. The third-order valence-electron chi connectivity index (χ3n) is 5.26. The first-order chi connectivity index (χ1) is 15.4. The number of hydrogen-bond donors (Lipinski definition) is 1. The monoisotopic (exact) mass is 430 g/mol. The fourth-order valence-corrected chi connectivity index (χ4v) is 3.39. The lowest BCUT2D eigenvalue weighted by molar-refractivity contribution is -0.123. The van der Waals surface area contributed by atoms with Crippen molar-refractivity contribution < 1.29 is 14.3 Å². The summed E-state index contributed by atoms with van der Waals surface area (Å²) in [5.41, 5.74) is 1.76. The number of rotatable bonds is 5. The molecule has 0 saturated carbocycles. The lowest BCUT2D eigenvalue weighted by Crippen LogP contribution is -2.32. The Bertz CT molecular complexity index is 1370. The van der Waals surface area contributed by atoms with E-state index in [9.17, 15) is 14.4 Å². The number of benzene rings is 2. The van der Waals surface area contributed by atoms with Crippen molar-refractivity contribution in [3.63, 3.8) is 0 Å². The Balaban J connectivity index is 1.51. The van der Waals surface area contributed by atoms with Crippen LogP contribution < -0.4 is 10.9 Å². The normalized spacial score (nSPS) is 11.8. The highest BCUT2D eigenvalue weighted by Gasteiger charge is 2.24. The second-order valence-corrected chi connectivity index (χ2v) is 7.36. The van der Waals surface area contributed by atoms with Gasteiger partial charge in [0, 0.05) is 12.4 Å². The zero-order chi connectivity index (χ0) is 22.8. The van der Waals surface area contributed by atoms with Crippen LogP contribution in [0, 0.1) is 6.92 Å². The lowest BCUT2D eigenvalue weighted by atomic mass is 10.2. The van der Waals surface area contributed by atoms with Crippen molar-refractivity contribution in [2.24, 2.45) is 7.05 Å². The SMILES string of the molecule is Cc1c(NC(=O)[C@@H](C)OC(=O)c2ccc3ccccc3n2)c(=O)n(-c2ccccc2)n1C. The van der Waals surface area contributed by atoms with Crippen LogP contribution >= 0.6 is 0 Å². The number of anilines is 1. The van der Waals surface area contributed by atoms with Gasteiger partial charge in [-0.3, -0.25) is 14.3 Å². The van der Waals surface area contributed by atoms with E-state index in [1.165, 1.54) is 11.6 Å². The maximum atomic E-state index is 12.9. The molecule has 0 aliphatic heterocycles. The van der Waals surface area contributed by atoms with E-state index in [-0.39, 0.29) is 16.9 Å². The molecule has 2 aromatic carbocycles. The molecule has 0 saturated heterocycles. The van der Waals surface area contributed by atoms with Crippen molar-refractivity contribution in [3.8, 4) is 5.69 Å². The average molecular weight is 430 g/mol. The van der Waals surface area contributed by atoms with Crippen LogP contribution in [0.5, 0.6) is 0 Å². The number of ether oxygens (including phenoxy) is 1. The summed E-state index contributed by atoms with van der Waals surface area (Å²) < 4.78 is 8.41. The number of pyridine rings is 1. The highest BCUT2D eigenvalue weighted by Crippen LogP contribution is 2.16. The first-order valence-electron chi connectivity index (χ1n) is 10.1. The molecular weight excluding hydrogens is 408 g/mol. The highest BCUT2D eigenvalue weighted by molar-refractivity contribution is 5.97. The fraction of sp³-hybridized carbons (Fsp3) is 0.167. The molecule has 1 amide bonds. The maximum Gasteiger partial charge on any atom is 0.357 e. The molecule has 8 heteroatoms. The van der Waals surface area contributed by atoms with E-state index >= 15 is 0 Å². The van der Waals surface area contributed by atoms with Gasteiger partial charge in [0.2, 0.25) is 0 Å². The second kappa shape index (κ2) is 8.50. The van der Waals surface area contributed by atoms with Gasteiger partial charge in [-0.25, -0.2) is 14.5 Å². The molecule has 0 radical (unpaired) electrons. The van der Waals surface area contributed by atoms with Gasteiger partial charge in [-0.05, 0) is 38.1 Å². The van der Waals surface area contributed by atoms with Gasteiger partial charge in [-0.1, -0.05) is 42.5 Å². The molecule has 0 spiro atoms. The van der Waals surface area contributed by atoms with Gasteiger partial charge >= 0.3 is 5.97 Å². The summed E-state index contributed by atoms with van der Waals surface area (Å²) in [7, 11) is 1.73. The Hall–Kier alpha value is -4.20. The van der Waals surface area contributed by atoms with E-state index in [0.717, 1.165) is 5.39 Å². The summed E-state index contributed by atoms with van der Waals surface area (Å²) in [6.45, 7) is 3.18. The molecule has 0 unspecified atom stereocenters. The molecule has 162 valence electrons. The minimum Gasteiger partial charge on any atom is -0.448 e. The Morgan fingerprint density at radius 2 is 1.69 bits per heavy atom. The van der Waals surface area contributed by atoms with E-state index in [2.05, 4.69) is 10.3 Å². The average Bonchev–Trinajstić information content (AvgIpc) is 3.02. The summed E-state index contributed by atoms with van der Waals surface area (Å²) in [5, 5.41) is 3.50. The van der Waals surface area contributed by atoms with Crippen molar-refractivity contribution in [3.05, 3.63) is 88.5 Å². The minimum atomic E-state index is -1.13.